The van der Waals surface area contributed by atoms with Crippen molar-refractivity contribution < 1.29 is 32.5 Å². The number of rotatable bonds is 27. The molecule has 7 nitrogen and oxygen atoms in total. The molecule has 1 saturated carbocycles. The average Bonchev–Trinajstić information content (AvgIpc) is 3.29. The number of unbranched alkanes of at least 4 members (excludes halogenated alkanes) is 17. The minimum atomic E-state index is -4.51. The molecule has 244 valence electrons. The van der Waals surface area contributed by atoms with Gasteiger partial charge >= 0.3 is 5.97 Å². The molecule has 1 aliphatic carbocycles. The van der Waals surface area contributed by atoms with Gasteiger partial charge in [0.05, 0.1) is 39.3 Å². The Kier molecular flexibility index (Phi) is 20.8. The highest BCUT2D eigenvalue weighted by molar-refractivity contribution is 7.45. The molecule has 0 aromatic rings. The molecule has 0 aliphatic heterocycles. The largest absolute Gasteiger partial charge is 0.756 e. The van der Waals surface area contributed by atoms with Crippen LogP contribution in [-0.4, -0.2) is 57.5 Å². The first kappa shape index (κ1) is 38.6. The van der Waals surface area contributed by atoms with E-state index >= 15 is 0 Å². The molecular weight excluding hydrogens is 537 g/mol. The summed E-state index contributed by atoms with van der Waals surface area (Å²) in [6.07, 6.45) is 25.4. The van der Waals surface area contributed by atoms with Crippen molar-refractivity contribution in [1.29, 1.82) is 0 Å². The summed E-state index contributed by atoms with van der Waals surface area (Å²) in [5.74, 6) is -0.319. The molecule has 0 bridgehead atoms. The topological polar surface area (TPSA) is 84.9 Å². The summed E-state index contributed by atoms with van der Waals surface area (Å²) in [4.78, 5) is 25.7. The molecule has 8 heteroatoms. The number of carbonyl (C=O) groups excluding carboxylic acids is 1. The van der Waals surface area contributed by atoms with E-state index < -0.39 is 19.3 Å². The number of esters is 1. The van der Waals surface area contributed by atoms with E-state index in [0.29, 0.717) is 30.3 Å². The van der Waals surface area contributed by atoms with Crippen LogP contribution in [0.2, 0.25) is 0 Å². The molecule has 0 amide bonds. The minimum Gasteiger partial charge on any atom is -0.756 e. The standard InChI is InChI=1S/C33H66NO6P/c1-6-8-9-10-11-12-13-14-15-16-17-18-19-20-21-22-23-24-27-33(32(35)38-7-2)28-25-26-31(33)40-41(36,37)39-30-29-34(3,4)5/h31H,6-30H2,1-5H3/t31-,33-/m1/s1. The highest BCUT2D eigenvalue weighted by atomic mass is 31.2. The van der Waals surface area contributed by atoms with Gasteiger partial charge in [0.25, 0.3) is 7.82 Å². The van der Waals surface area contributed by atoms with Crippen molar-refractivity contribution >= 4 is 13.8 Å². The van der Waals surface area contributed by atoms with Crippen molar-refractivity contribution in [2.45, 2.75) is 161 Å². The summed E-state index contributed by atoms with van der Waals surface area (Å²) in [5.41, 5.74) is -0.894. The fourth-order valence-electron chi connectivity index (χ4n) is 6.05. The van der Waals surface area contributed by atoms with E-state index in [1.807, 2.05) is 21.1 Å². The fourth-order valence-corrected chi connectivity index (χ4v) is 7.03. The Hall–Kier alpha value is -0.460. The zero-order valence-electron chi connectivity index (χ0n) is 27.6. The first-order valence-electron chi connectivity index (χ1n) is 17.2. The number of hydrogen-bond donors (Lipinski definition) is 0. The zero-order valence-corrected chi connectivity index (χ0v) is 28.5. The summed E-state index contributed by atoms with van der Waals surface area (Å²) in [5, 5.41) is 0. The lowest BCUT2D eigenvalue weighted by molar-refractivity contribution is -0.870. The maximum absolute atomic E-state index is 13.1. The van der Waals surface area contributed by atoms with E-state index in [1.165, 1.54) is 96.3 Å². The molecule has 3 atom stereocenters. The first-order valence-corrected chi connectivity index (χ1v) is 18.6. The van der Waals surface area contributed by atoms with Gasteiger partial charge in [0, 0.05) is 0 Å². The van der Waals surface area contributed by atoms with Gasteiger partial charge in [-0.2, -0.15) is 0 Å². The van der Waals surface area contributed by atoms with E-state index in [4.69, 9.17) is 13.8 Å². The molecule has 0 aromatic heterocycles. The number of phosphoric acid groups is 1. The van der Waals surface area contributed by atoms with Crippen LogP contribution in [0.15, 0.2) is 0 Å². The molecule has 0 N–H and O–H groups in total. The predicted molar refractivity (Wildman–Crippen MR) is 168 cm³/mol. The second-order valence-electron chi connectivity index (χ2n) is 13.4. The molecular formula is C33H66NO6P. The van der Waals surface area contributed by atoms with E-state index in [2.05, 4.69) is 6.92 Å². The van der Waals surface area contributed by atoms with Gasteiger partial charge in [-0.1, -0.05) is 122 Å². The number of quaternary nitrogens is 1. The van der Waals surface area contributed by atoms with Gasteiger partial charge in [-0.25, -0.2) is 0 Å². The van der Waals surface area contributed by atoms with Crippen LogP contribution in [0.3, 0.4) is 0 Å². The Balaban J connectivity index is 2.25. The smallest absolute Gasteiger partial charge is 0.314 e. The molecule has 1 unspecified atom stereocenters. The van der Waals surface area contributed by atoms with Crippen LogP contribution in [0, 0.1) is 5.41 Å². The summed E-state index contributed by atoms with van der Waals surface area (Å²) in [7, 11) is 1.41. The van der Waals surface area contributed by atoms with Crippen LogP contribution in [0.1, 0.15) is 155 Å². The molecule has 0 aromatic carbocycles. The van der Waals surface area contributed by atoms with Gasteiger partial charge in [-0.15, -0.1) is 0 Å². The van der Waals surface area contributed by atoms with Gasteiger partial charge in [0.2, 0.25) is 0 Å². The molecule has 1 aliphatic rings. The highest BCUT2D eigenvalue weighted by Gasteiger charge is 2.51. The van der Waals surface area contributed by atoms with Crippen molar-refractivity contribution in [1.82, 2.24) is 0 Å². The van der Waals surface area contributed by atoms with Gasteiger partial charge in [-0.3, -0.25) is 9.36 Å². The Bertz CT molecular complexity index is 712. The lowest BCUT2D eigenvalue weighted by Crippen LogP contribution is -2.42. The second-order valence-corrected chi connectivity index (χ2v) is 14.8. The summed E-state index contributed by atoms with van der Waals surface area (Å²) < 4.78 is 29.3. The Labute approximate surface area is 253 Å². The molecule has 41 heavy (non-hydrogen) atoms. The summed E-state index contributed by atoms with van der Waals surface area (Å²) in [6, 6.07) is 0. The van der Waals surface area contributed by atoms with Crippen molar-refractivity contribution in [2.24, 2.45) is 5.41 Å². The Morgan fingerprint density at radius 2 is 1.27 bits per heavy atom. The highest BCUT2D eigenvalue weighted by Crippen LogP contribution is 2.52. The van der Waals surface area contributed by atoms with Crippen LogP contribution in [0.4, 0.5) is 0 Å². The zero-order chi connectivity index (χ0) is 30.5. The van der Waals surface area contributed by atoms with Crippen LogP contribution >= 0.6 is 7.82 Å². The number of carbonyl (C=O) groups is 1. The number of hydrogen-bond acceptors (Lipinski definition) is 6. The van der Waals surface area contributed by atoms with Crippen LogP contribution in [-0.2, 0) is 23.1 Å². The molecule has 1 fully saturated rings. The van der Waals surface area contributed by atoms with Crippen LogP contribution in [0.5, 0.6) is 0 Å². The third-order valence-electron chi connectivity index (χ3n) is 8.63. The second kappa shape index (κ2) is 22.1. The number of nitrogens with zero attached hydrogens (tertiary/aromatic N) is 1. The lowest BCUT2D eigenvalue weighted by Gasteiger charge is -2.36. The van der Waals surface area contributed by atoms with E-state index in [1.54, 1.807) is 6.92 Å². The number of likely N-dealkylation sites (N-methyl/N-ethyl adjacent to an activating group) is 1. The van der Waals surface area contributed by atoms with Gasteiger partial charge < -0.3 is 23.2 Å². The SMILES string of the molecule is CCCCCCCCCCCCCCCCCCCC[C@@]1(C(=O)OCC)CCC[C@H]1OP(=O)([O-])OCC[N+](C)(C)C. The van der Waals surface area contributed by atoms with Crippen molar-refractivity contribution in [3.63, 3.8) is 0 Å². The summed E-state index contributed by atoms with van der Waals surface area (Å²) >= 11 is 0. The number of phosphoric ester groups is 1. The molecule has 0 spiro atoms. The van der Waals surface area contributed by atoms with Crippen molar-refractivity contribution in [2.75, 3.05) is 40.9 Å². The fraction of sp³-hybridized carbons (Fsp3) is 0.970. The van der Waals surface area contributed by atoms with Gasteiger partial charge in [0.1, 0.15) is 13.2 Å². The average molecular weight is 604 g/mol. The van der Waals surface area contributed by atoms with E-state index in [9.17, 15) is 14.3 Å². The Morgan fingerprint density at radius 3 is 1.71 bits per heavy atom. The lowest BCUT2D eigenvalue weighted by atomic mass is 9.79. The van der Waals surface area contributed by atoms with Crippen molar-refractivity contribution in [3.05, 3.63) is 0 Å². The van der Waals surface area contributed by atoms with E-state index in [0.717, 1.165) is 25.7 Å². The third kappa shape index (κ3) is 18.1. The minimum absolute atomic E-state index is 0.0582. The first-order chi connectivity index (χ1) is 19.6. The Morgan fingerprint density at radius 1 is 0.805 bits per heavy atom. The molecule has 0 radical (unpaired) electrons. The number of ether oxygens (including phenoxy) is 1. The van der Waals surface area contributed by atoms with Gasteiger partial charge in [0.15, 0.2) is 0 Å². The normalized spacial score (nSPS) is 20.8. The monoisotopic (exact) mass is 603 g/mol. The molecule has 0 heterocycles. The quantitative estimate of drug-likeness (QED) is 0.0404. The summed E-state index contributed by atoms with van der Waals surface area (Å²) in [6.45, 7) is 4.95. The molecule has 0 saturated heterocycles. The van der Waals surface area contributed by atoms with Gasteiger partial charge in [-0.05, 0) is 32.6 Å². The van der Waals surface area contributed by atoms with Crippen LogP contribution < -0.4 is 4.89 Å². The maximum atomic E-state index is 13.1. The van der Waals surface area contributed by atoms with Crippen LogP contribution in [0.25, 0.3) is 0 Å². The predicted octanol–water partition coefficient (Wildman–Crippen LogP) is 8.73. The molecule has 1 rings (SSSR count). The third-order valence-corrected chi connectivity index (χ3v) is 9.64. The maximum Gasteiger partial charge on any atom is 0.314 e. The van der Waals surface area contributed by atoms with E-state index in [-0.39, 0.29) is 19.2 Å². The van der Waals surface area contributed by atoms with Crippen molar-refractivity contribution in [3.8, 4) is 0 Å².